The van der Waals surface area contributed by atoms with Gasteiger partial charge in [-0.2, -0.15) is 0 Å². The molecular formula is C37H46F2N2O3. The van der Waals surface area contributed by atoms with E-state index < -0.39 is 6.43 Å². The number of unbranched alkanes of at least 4 members (excludes halogenated alkanes) is 5. The van der Waals surface area contributed by atoms with E-state index in [1.165, 1.54) is 25.7 Å². The molecule has 0 spiro atoms. The second kappa shape index (κ2) is 15.7. The average Bonchev–Trinajstić information content (AvgIpc) is 3.03. The molecule has 236 valence electrons. The van der Waals surface area contributed by atoms with Gasteiger partial charge in [0.1, 0.15) is 17.8 Å². The lowest BCUT2D eigenvalue weighted by Gasteiger charge is -2.35. The van der Waals surface area contributed by atoms with Crippen molar-refractivity contribution >= 4 is 29.4 Å². The van der Waals surface area contributed by atoms with Gasteiger partial charge in [-0.05, 0) is 78.8 Å². The maximum absolute atomic E-state index is 14.7. The van der Waals surface area contributed by atoms with E-state index in [9.17, 15) is 13.6 Å². The highest BCUT2D eigenvalue weighted by Crippen LogP contribution is 2.45. The fourth-order valence-electron chi connectivity index (χ4n) is 5.85. The fraction of sp³-hybridized carbons (Fsp3) is 0.432. The Morgan fingerprint density at radius 3 is 2.36 bits per heavy atom. The van der Waals surface area contributed by atoms with E-state index in [-0.39, 0.29) is 5.56 Å². The van der Waals surface area contributed by atoms with Crippen LogP contribution in [0.25, 0.3) is 17.2 Å². The number of nitrogens with zero attached hydrogens (tertiary/aromatic N) is 2. The summed E-state index contributed by atoms with van der Waals surface area (Å²) in [4.78, 5) is 15.7. The molecule has 1 heterocycles. The highest BCUT2D eigenvalue weighted by Gasteiger charge is 2.27. The first kappa shape index (κ1) is 33.0. The smallest absolute Gasteiger partial charge is 0.264 e. The number of hydrogen-bond donors (Lipinski definition) is 0. The molecule has 0 N–H and O–H groups in total. The van der Waals surface area contributed by atoms with Crippen LogP contribution in [0.2, 0.25) is 0 Å². The summed E-state index contributed by atoms with van der Waals surface area (Å²) in [5, 5.41) is 0. The molecule has 1 aliphatic heterocycles. The van der Waals surface area contributed by atoms with E-state index in [0.29, 0.717) is 30.0 Å². The Hall–Kier alpha value is -3.87. The maximum atomic E-state index is 14.7. The number of benzene rings is 3. The van der Waals surface area contributed by atoms with Gasteiger partial charge in [0, 0.05) is 55.3 Å². The van der Waals surface area contributed by atoms with Gasteiger partial charge in [-0.3, -0.25) is 4.79 Å². The molecule has 0 fully saturated rings. The number of anilines is 3. The first-order valence-corrected chi connectivity index (χ1v) is 15.8. The number of methoxy groups -OCH3 is 1. The molecule has 0 aromatic heterocycles. The normalized spacial score (nSPS) is 13.2. The maximum Gasteiger partial charge on any atom is 0.264 e. The van der Waals surface area contributed by atoms with Gasteiger partial charge >= 0.3 is 0 Å². The first-order chi connectivity index (χ1) is 21.3. The van der Waals surface area contributed by atoms with E-state index in [4.69, 9.17) is 9.47 Å². The molecule has 0 saturated heterocycles. The Kier molecular flexibility index (Phi) is 11.8. The van der Waals surface area contributed by atoms with Crippen LogP contribution < -0.4 is 19.3 Å². The molecule has 0 amide bonds. The van der Waals surface area contributed by atoms with Crippen molar-refractivity contribution in [3.8, 4) is 22.6 Å². The average molecular weight is 605 g/mol. The summed E-state index contributed by atoms with van der Waals surface area (Å²) in [6.07, 6.45) is 8.84. The molecular weight excluding hydrogens is 558 g/mol. The van der Waals surface area contributed by atoms with Gasteiger partial charge in [-0.25, -0.2) is 8.78 Å². The predicted molar refractivity (Wildman–Crippen MR) is 178 cm³/mol. The fourth-order valence-corrected chi connectivity index (χ4v) is 5.85. The van der Waals surface area contributed by atoms with Crippen molar-refractivity contribution in [2.45, 2.75) is 71.6 Å². The van der Waals surface area contributed by atoms with Crippen molar-refractivity contribution in [3.63, 3.8) is 0 Å². The van der Waals surface area contributed by atoms with Crippen LogP contribution in [0, 0.1) is 0 Å². The number of ether oxygens (including phenoxy) is 2. The van der Waals surface area contributed by atoms with Crippen molar-refractivity contribution in [1.82, 2.24) is 0 Å². The van der Waals surface area contributed by atoms with E-state index in [0.717, 1.165) is 71.5 Å². The second-order valence-corrected chi connectivity index (χ2v) is 11.7. The van der Waals surface area contributed by atoms with Crippen molar-refractivity contribution in [1.29, 1.82) is 0 Å². The molecule has 0 bridgehead atoms. The number of carbonyl (C=O) groups excluding carboxylic acids is 1. The number of hydrogen-bond acceptors (Lipinski definition) is 5. The van der Waals surface area contributed by atoms with Crippen LogP contribution in [0.3, 0.4) is 0 Å². The second-order valence-electron chi connectivity index (χ2n) is 11.7. The molecule has 1 aliphatic rings. The standard InChI is InChI=1S/C37H46F2N2O3/c1-6-7-8-9-10-11-19-44-29-16-14-27(15-17-29)31-21-28-13-12-18-41(34(28)24-32(31)37(38)39)36-23-30(43-5)22-35(40(3)4)33(36)20-26(2)25-42/h14-17,20-25,37H,6-13,18-19H2,1-5H3/b26-20-. The number of aldehydes is 1. The van der Waals surface area contributed by atoms with E-state index in [1.807, 2.05) is 67.5 Å². The zero-order valence-electron chi connectivity index (χ0n) is 26.8. The number of allylic oxidation sites excluding steroid dienone is 1. The molecule has 4 rings (SSSR count). The van der Waals surface area contributed by atoms with E-state index in [2.05, 4.69) is 11.8 Å². The molecule has 3 aromatic carbocycles. The lowest BCUT2D eigenvalue weighted by atomic mass is 9.91. The van der Waals surface area contributed by atoms with Gasteiger partial charge in [0.15, 0.2) is 0 Å². The Morgan fingerprint density at radius 2 is 1.70 bits per heavy atom. The third kappa shape index (κ3) is 7.99. The van der Waals surface area contributed by atoms with Crippen LogP contribution in [-0.4, -0.2) is 40.6 Å². The zero-order chi connectivity index (χ0) is 31.6. The Bertz CT molecular complexity index is 1430. The number of fused-ring (bicyclic) bond motifs is 1. The number of halogens is 2. The van der Waals surface area contributed by atoms with E-state index >= 15 is 0 Å². The number of alkyl halides is 2. The SMILES string of the molecule is CCCCCCCCOc1ccc(-c2cc3c(cc2C(F)F)N(c2cc(OC)cc(N(C)C)c2/C=C(/C)C=O)CCC3)cc1. The van der Waals surface area contributed by atoms with Crippen molar-refractivity contribution in [2.24, 2.45) is 0 Å². The Balaban J connectivity index is 1.68. The topological polar surface area (TPSA) is 42.0 Å². The summed E-state index contributed by atoms with van der Waals surface area (Å²) >= 11 is 0. The lowest BCUT2D eigenvalue weighted by Crippen LogP contribution is -2.26. The molecule has 0 atom stereocenters. The number of carbonyl (C=O) groups is 1. The largest absolute Gasteiger partial charge is 0.497 e. The highest BCUT2D eigenvalue weighted by molar-refractivity contribution is 5.91. The number of aryl methyl sites for hydroxylation is 1. The van der Waals surface area contributed by atoms with Crippen molar-refractivity contribution < 1.29 is 23.0 Å². The van der Waals surface area contributed by atoms with Crippen LogP contribution in [0.4, 0.5) is 25.8 Å². The van der Waals surface area contributed by atoms with Gasteiger partial charge in [0.05, 0.1) is 19.4 Å². The monoisotopic (exact) mass is 604 g/mol. The van der Waals surface area contributed by atoms with Crippen LogP contribution in [0.5, 0.6) is 11.5 Å². The van der Waals surface area contributed by atoms with Crippen molar-refractivity contribution in [2.75, 3.05) is 44.2 Å². The highest BCUT2D eigenvalue weighted by atomic mass is 19.3. The summed E-state index contributed by atoms with van der Waals surface area (Å²) in [7, 11) is 5.48. The van der Waals surface area contributed by atoms with Crippen LogP contribution in [-0.2, 0) is 11.2 Å². The van der Waals surface area contributed by atoms with Crippen LogP contribution in [0.1, 0.15) is 81.9 Å². The third-order valence-corrected chi connectivity index (χ3v) is 8.21. The molecule has 0 saturated carbocycles. The number of rotatable bonds is 15. The van der Waals surface area contributed by atoms with Gasteiger partial charge in [-0.15, -0.1) is 0 Å². The molecule has 0 aliphatic carbocycles. The summed E-state index contributed by atoms with van der Waals surface area (Å²) in [6.45, 7) is 5.29. The molecule has 44 heavy (non-hydrogen) atoms. The van der Waals surface area contributed by atoms with Gasteiger partial charge in [0.25, 0.3) is 6.43 Å². The summed E-state index contributed by atoms with van der Waals surface area (Å²) in [5.74, 6) is 1.41. The zero-order valence-corrected chi connectivity index (χ0v) is 26.8. The molecule has 7 heteroatoms. The van der Waals surface area contributed by atoms with E-state index in [1.54, 1.807) is 20.1 Å². The van der Waals surface area contributed by atoms with Crippen LogP contribution >= 0.6 is 0 Å². The van der Waals surface area contributed by atoms with Gasteiger partial charge < -0.3 is 19.3 Å². The first-order valence-electron chi connectivity index (χ1n) is 15.8. The molecule has 0 unspecified atom stereocenters. The molecule has 5 nitrogen and oxygen atoms in total. The van der Waals surface area contributed by atoms with Gasteiger partial charge in [-0.1, -0.05) is 51.2 Å². The third-order valence-electron chi connectivity index (χ3n) is 8.21. The molecule has 3 aromatic rings. The lowest BCUT2D eigenvalue weighted by molar-refractivity contribution is -0.104. The summed E-state index contributed by atoms with van der Waals surface area (Å²) < 4.78 is 40.9. The van der Waals surface area contributed by atoms with Crippen LogP contribution in [0.15, 0.2) is 54.1 Å². The summed E-state index contributed by atoms with van der Waals surface area (Å²) in [6, 6.07) is 14.9. The minimum Gasteiger partial charge on any atom is -0.497 e. The summed E-state index contributed by atoms with van der Waals surface area (Å²) in [5.41, 5.74) is 6.14. The minimum atomic E-state index is -2.65. The Morgan fingerprint density at radius 1 is 0.977 bits per heavy atom. The Labute approximate surface area is 261 Å². The van der Waals surface area contributed by atoms with Gasteiger partial charge in [0.2, 0.25) is 0 Å². The van der Waals surface area contributed by atoms with Crippen molar-refractivity contribution in [3.05, 3.63) is 70.8 Å². The predicted octanol–water partition coefficient (Wildman–Crippen LogP) is 9.79. The quantitative estimate of drug-likeness (QED) is 0.0981. The minimum absolute atomic E-state index is 0.00621. The molecule has 0 radical (unpaired) electrons.